The van der Waals surface area contributed by atoms with E-state index in [4.69, 9.17) is 0 Å². The third-order valence-electron chi connectivity index (χ3n) is 3.77. The number of nitrogens with zero attached hydrogens (tertiary/aromatic N) is 2. The predicted molar refractivity (Wildman–Crippen MR) is 79.7 cm³/mol. The highest BCUT2D eigenvalue weighted by atomic mass is 79.9. The molecule has 1 aliphatic heterocycles. The molecule has 1 amide bonds. The Labute approximate surface area is 129 Å². The van der Waals surface area contributed by atoms with Gasteiger partial charge in [-0.15, -0.1) is 11.8 Å². The van der Waals surface area contributed by atoms with Crippen LogP contribution < -0.4 is 0 Å². The van der Waals surface area contributed by atoms with Crippen molar-refractivity contribution in [1.82, 2.24) is 9.47 Å². The molecule has 3 rings (SSSR count). The summed E-state index contributed by atoms with van der Waals surface area (Å²) in [5.41, 5.74) is 0.524. The smallest absolute Gasteiger partial charge is 0.327 e. The van der Waals surface area contributed by atoms with Gasteiger partial charge in [-0.1, -0.05) is 0 Å². The molecule has 2 fully saturated rings. The molecular weight excluding hydrogens is 344 g/mol. The molecule has 0 aromatic carbocycles. The van der Waals surface area contributed by atoms with Gasteiger partial charge >= 0.3 is 5.97 Å². The molecule has 1 aromatic rings. The first-order valence-corrected chi connectivity index (χ1v) is 8.32. The van der Waals surface area contributed by atoms with Crippen LogP contribution in [0.2, 0.25) is 0 Å². The molecule has 1 saturated heterocycles. The Morgan fingerprint density at radius 1 is 1.45 bits per heavy atom. The molecule has 20 heavy (non-hydrogen) atoms. The van der Waals surface area contributed by atoms with E-state index < -0.39 is 12.0 Å². The monoisotopic (exact) mass is 358 g/mol. The summed E-state index contributed by atoms with van der Waals surface area (Å²) >= 11 is 4.94. The van der Waals surface area contributed by atoms with Crippen LogP contribution in [0.5, 0.6) is 0 Å². The zero-order valence-electron chi connectivity index (χ0n) is 11.0. The third kappa shape index (κ3) is 2.37. The van der Waals surface area contributed by atoms with Gasteiger partial charge in [0, 0.05) is 23.5 Å². The summed E-state index contributed by atoms with van der Waals surface area (Å²) in [6.07, 6.45) is 3.98. The quantitative estimate of drug-likeness (QED) is 0.899. The first kappa shape index (κ1) is 14.0. The molecule has 0 bridgehead atoms. The van der Waals surface area contributed by atoms with Gasteiger partial charge < -0.3 is 14.6 Å². The molecule has 2 unspecified atom stereocenters. The van der Waals surface area contributed by atoms with Gasteiger partial charge in [0.15, 0.2) is 0 Å². The summed E-state index contributed by atoms with van der Waals surface area (Å²) < 4.78 is 2.56. The standard InChI is InChI=1S/C13H15BrN2O3S/c1-15-5-8(14)4-9(15)11(17)16-10(13(18)19)6-20-12(16)7-2-3-7/h4-5,7,10,12H,2-3,6H2,1H3,(H,18,19). The van der Waals surface area contributed by atoms with Gasteiger partial charge in [0.05, 0.1) is 5.37 Å². The van der Waals surface area contributed by atoms with E-state index in [0.29, 0.717) is 17.4 Å². The minimum atomic E-state index is -0.915. The number of rotatable bonds is 3. The molecular formula is C13H15BrN2O3S. The molecule has 5 nitrogen and oxygen atoms in total. The van der Waals surface area contributed by atoms with E-state index >= 15 is 0 Å². The number of aryl methyl sites for hydroxylation is 1. The number of carboxylic acid groups (broad SMARTS) is 1. The van der Waals surface area contributed by atoms with Crippen molar-refractivity contribution in [2.24, 2.45) is 13.0 Å². The second-order valence-corrected chi connectivity index (χ2v) is 7.35. The number of aromatic nitrogens is 1. The van der Waals surface area contributed by atoms with Crippen molar-refractivity contribution in [2.75, 3.05) is 5.75 Å². The minimum Gasteiger partial charge on any atom is -0.480 e. The number of carbonyl (C=O) groups excluding carboxylic acids is 1. The molecule has 1 aliphatic carbocycles. The maximum absolute atomic E-state index is 12.7. The van der Waals surface area contributed by atoms with Gasteiger partial charge in [0.2, 0.25) is 0 Å². The van der Waals surface area contributed by atoms with Crippen LogP contribution in [0.4, 0.5) is 0 Å². The van der Waals surface area contributed by atoms with Crippen LogP contribution in [0.1, 0.15) is 23.3 Å². The van der Waals surface area contributed by atoms with Crippen molar-refractivity contribution in [3.8, 4) is 0 Å². The Balaban J connectivity index is 1.92. The number of hydrogen-bond acceptors (Lipinski definition) is 3. The van der Waals surface area contributed by atoms with Crippen molar-refractivity contribution < 1.29 is 14.7 Å². The van der Waals surface area contributed by atoms with Crippen LogP contribution in [0.25, 0.3) is 0 Å². The number of aliphatic carboxylic acids is 1. The van der Waals surface area contributed by atoms with Gasteiger partial charge in [-0.2, -0.15) is 0 Å². The van der Waals surface area contributed by atoms with Crippen molar-refractivity contribution in [2.45, 2.75) is 24.3 Å². The van der Waals surface area contributed by atoms with E-state index in [1.54, 1.807) is 40.5 Å². The molecule has 2 atom stereocenters. The summed E-state index contributed by atoms with van der Waals surface area (Å²) in [6, 6.07) is 1.03. The fourth-order valence-corrected chi connectivity index (χ4v) is 4.74. The van der Waals surface area contributed by atoms with Crippen LogP contribution in [0.15, 0.2) is 16.7 Å². The topological polar surface area (TPSA) is 62.5 Å². The summed E-state index contributed by atoms with van der Waals surface area (Å²) in [4.78, 5) is 25.7. The summed E-state index contributed by atoms with van der Waals surface area (Å²) in [5, 5.41) is 9.36. The molecule has 2 heterocycles. The number of carboxylic acids is 1. The second kappa shape index (κ2) is 5.11. The van der Waals surface area contributed by atoms with E-state index in [9.17, 15) is 14.7 Å². The summed E-state index contributed by atoms with van der Waals surface area (Å²) in [6.45, 7) is 0. The second-order valence-electron chi connectivity index (χ2n) is 5.28. The molecule has 2 aliphatic rings. The third-order valence-corrected chi connectivity index (χ3v) is 5.67. The molecule has 0 radical (unpaired) electrons. The average molecular weight is 359 g/mol. The zero-order chi connectivity index (χ0) is 14.4. The molecule has 108 valence electrons. The average Bonchev–Trinajstić information content (AvgIpc) is 3.03. The number of carbonyl (C=O) groups is 2. The Morgan fingerprint density at radius 3 is 2.65 bits per heavy atom. The fraction of sp³-hybridized carbons (Fsp3) is 0.538. The van der Waals surface area contributed by atoms with Crippen molar-refractivity contribution in [1.29, 1.82) is 0 Å². The summed E-state index contributed by atoms with van der Waals surface area (Å²) in [5.74, 6) is -0.167. The van der Waals surface area contributed by atoms with Crippen LogP contribution in [-0.2, 0) is 11.8 Å². The highest BCUT2D eigenvalue weighted by molar-refractivity contribution is 9.10. The van der Waals surface area contributed by atoms with Crippen LogP contribution in [-0.4, -0.2) is 43.6 Å². The fourth-order valence-electron chi connectivity index (χ4n) is 2.59. The number of amides is 1. The highest BCUT2D eigenvalue weighted by Gasteiger charge is 2.48. The number of hydrogen-bond donors (Lipinski definition) is 1. The highest BCUT2D eigenvalue weighted by Crippen LogP contribution is 2.46. The molecule has 0 spiro atoms. The van der Waals surface area contributed by atoms with Gasteiger partial charge in [-0.25, -0.2) is 4.79 Å². The largest absolute Gasteiger partial charge is 0.480 e. The molecule has 1 saturated carbocycles. The lowest BCUT2D eigenvalue weighted by molar-refractivity contribution is -0.141. The lowest BCUT2D eigenvalue weighted by Crippen LogP contribution is -2.46. The van der Waals surface area contributed by atoms with Crippen molar-refractivity contribution in [3.05, 3.63) is 22.4 Å². The van der Waals surface area contributed by atoms with Crippen molar-refractivity contribution in [3.63, 3.8) is 0 Å². The SMILES string of the molecule is Cn1cc(Br)cc1C(=O)N1C(C(=O)O)CSC1C1CC1. The van der Waals surface area contributed by atoms with Gasteiger partial charge in [-0.3, -0.25) is 4.79 Å². The van der Waals surface area contributed by atoms with Gasteiger partial charge in [-0.05, 0) is 40.8 Å². The van der Waals surface area contributed by atoms with E-state index in [0.717, 1.165) is 17.3 Å². The Hall–Kier alpha value is -0.950. The van der Waals surface area contributed by atoms with Gasteiger partial charge in [0.1, 0.15) is 11.7 Å². The minimum absolute atomic E-state index is 0.0114. The Kier molecular flexibility index (Phi) is 3.58. The normalized spacial score (nSPS) is 26.0. The molecule has 1 N–H and O–H groups in total. The van der Waals surface area contributed by atoms with Crippen LogP contribution in [0.3, 0.4) is 0 Å². The number of thioether (sulfide) groups is 1. The maximum atomic E-state index is 12.7. The zero-order valence-corrected chi connectivity index (χ0v) is 13.4. The molecule has 7 heteroatoms. The summed E-state index contributed by atoms with van der Waals surface area (Å²) in [7, 11) is 1.79. The first-order valence-electron chi connectivity index (χ1n) is 6.48. The van der Waals surface area contributed by atoms with E-state index in [-0.39, 0.29) is 11.3 Å². The van der Waals surface area contributed by atoms with E-state index in [1.807, 2.05) is 0 Å². The Bertz CT molecular complexity index is 570. The maximum Gasteiger partial charge on any atom is 0.327 e. The van der Waals surface area contributed by atoms with E-state index in [2.05, 4.69) is 15.9 Å². The van der Waals surface area contributed by atoms with Crippen molar-refractivity contribution >= 4 is 39.6 Å². The van der Waals surface area contributed by atoms with Crippen LogP contribution >= 0.6 is 27.7 Å². The van der Waals surface area contributed by atoms with E-state index in [1.165, 1.54) is 0 Å². The lowest BCUT2D eigenvalue weighted by Gasteiger charge is -2.27. The Morgan fingerprint density at radius 2 is 2.15 bits per heavy atom. The van der Waals surface area contributed by atoms with Crippen LogP contribution in [0, 0.1) is 5.92 Å². The lowest BCUT2D eigenvalue weighted by atomic mass is 10.2. The first-order chi connectivity index (χ1) is 9.49. The molecule has 1 aromatic heterocycles. The predicted octanol–water partition coefficient (Wildman–Crippen LogP) is 2.17. The number of halogens is 1. The van der Waals surface area contributed by atoms with Gasteiger partial charge in [0.25, 0.3) is 5.91 Å².